The van der Waals surface area contributed by atoms with Crippen LogP contribution < -0.4 is 10.6 Å². The van der Waals surface area contributed by atoms with Gasteiger partial charge in [-0.25, -0.2) is 0 Å². The highest BCUT2D eigenvalue weighted by molar-refractivity contribution is 6.02. The summed E-state index contributed by atoms with van der Waals surface area (Å²) < 4.78 is 40.4. The molecule has 2 aromatic heterocycles. The summed E-state index contributed by atoms with van der Waals surface area (Å²) in [5.74, 6) is -1.11. The van der Waals surface area contributed by atoms with E-state index in [1.54, 1.807) is 6.92 Å². The predicted octanol–water partition coefficient (Wildman–Crippen LogP) is 1.43. The zero-order valence-corrected chi connectivity index (χ0v) is 13.8. The van der Waals surface area contributed by atoms with Gasteiger partial charge in [-0.3, -0.25) is 19.0 Å². The summed E-state index contributed by atoms with van der Waals surface area (Å²) in [5.41, 5.74) is -0.682. The fourth-order valence-corrected chi connectivity index (χ4v) is 2.10. The van der Waals surface area contributed by atoms with Gasteiger partial charge in [-0.15, -0.1) is 0 Å². The van der Waals surface area contributed by atoms with E-state index in [4.69, 9.17) is 0 Å². The van der Waals surface area contributed by atoms with Crippen LogP contribution in [0.15, 0.2) is 12.3 Å². The third-order valence-corrected chi connectivity index (χ3v) is 3.37. The summed E-state index contributed by atoms with van der Waals surface area (Å²) in [6, 6.07) is 0.859. The SMILES string of the molecule is CCn1cc(NC(=O)Cn2nc(C(F)(F)F)cc2C)c(C(=O)NC)n1. The number of carbonyl (C=O) groups excluding carboxylic acids is 2. The van der Waals surface area contributed by atoms with E-state index in [1.165, 1.54) is 24.9 Å². The normalized spacial score (nSPS) is 11.4. The van der Waals surface area contributed by atoms with Crippen molar-refractivity contribution in [2.24, 2.45) is 0 Å². The van der Waals surface area contributed by atoms with Gasteiger partial charge in [-0.1, -0.05) is 0 Å². The number of hydrogen-bond acceptors (Lipinski definition) is 4. The Morgan fingerprint density at radius 1 is 1.28 bits per heavy atom. The third kappa shape index (κ3) is 4.17. The number of nitrogens with one attached hydrogen (secondary N) is 2. The fourth-order valence-electron chi connectivity index (χ4n) is 2.10. The number of rotatable bonds is 5. The highest BCUT2D eigenvalue weighted by Crippen LogP contribution is 2.28. The molecule has 0 bridgehead atoms. The number of carbonyl (C=O) groups is 2. The molecule has 0 saturated heterocycles. The van der Waals surface area contributed by atoms with Gasteiger partial charge in [-0.05, 0) is 19.9 Å². The second-order valence-electron chi connectivity index (χ2n) is 5.20. The number of halogens is 3. The summed E-state index contributed by atoms with van der Waals surface area (Å²) >= 11 is 0. The highest BCUT2D eigenvalue weighted by atomic mass is 19.4. The smallest absolute Gasteiger partial charge is 0.354 e. The lowest BCUT2D eigenvalue weighted by atomic mass is 10.3. The summed E-state index contributed by atoms with van der Waals surface area (Å²) in [5, 5.41) is 12.3. The first kappa shape index (κ1) is 18.5. The van der Waals surface area contributed by atoms with E-state index in [9.17, 15) is 22.8 Å². The van der Waals surface area contributed by atoms with Crippen molar-refractivity contribution in [1.82, 2.24) is 24.9 Å². The first-order chi connectivity index (χ1) is 11.7. The van der Waals surface area contributed by atoms with E-state index in [1.807, 2.05) is 0 Å². The summed E-state index contributed by atoms with van der Waals surface area (Å²) in [4.78, 5) is 23.9. The van der Waals surface area contributed by atoms with E-state index in [0.717, 1.165) is 10.7 Å². The van der Waals surface area contributed by atoms with E-state index >= 15 is 0 Å². The van der Waals surface area contributed by atoms with Gasteiger partial charge in [0.15, 0.2) is 11.4 Å². The van der Waals surface area contributed by atoms with Crippen LogP contribution in [0.1, 0.15) is 28.8 Å². The van der Waals surface area contributed by atoms with Crippen molar-refractivity contribution in [2.45, 2.75) is 33.1 Å². The Balaban J connectivity index is 2.17. The summed E-state index contributed by atoms with van der Waals surface area (Å²) in [6.45, 7) is 3.28. The molecule has 2 heterocycles. The first-order valence-electron chi connectivity index (χ1n) is 7.36. The van der Waals surface area contributed by atoms with Gasteiger partial charge in [0.2, 0.25) is 5.91 Å². The summed E-state index contributed by atoms with van der Waals surface area (Å²) in [6.07, 6.45) is -3.11. The number of alkyl halides is 3. The zero-order chi connectivity index (χ0) is 18.8. The Labute approximate surface area is 141 Å². The van der Waals surface area contributed by atoms with Gasteiger partial charge in [0, 0.05) is 25.5 Å². The van der Waals surface area contributed by atoms with E-state index in [0.29, 0.717) is 6.54 Å². The van der Waals surface area contributed by atoms with Crippen molar-refractivity contribution in [3.8, 4) is 0 Å². The molecule has 0 radical (unpaired) electrons. The Bertz CT molecular complexity index is 793. The van der Waals surface area contributed by atoms with Gasteiger partial charge in [0.05, 0.1) is 5.69 Å². The van der Waals surface area contributed by atoms with Crippen molar-refractivity contribution in [3.63, 3.8) is 0 Å². The molecule has 11 heteroatoms. The van der Waals surface area contributed by atoms with Crippen LogP contribution in [0.25, 0.3) is 0 Å². The molecule has 136 valence electrons. The molecule has 0 aromatic carbocycles. The average Bonchev–Trinajstić information content (AvgIpc) is 3.10. The van der Waals surface area contributed by atoms with Gasteiger partial charge in [-0.2, -0.15) is 23.4 Å². The Morgan fingerprint density at radius 2 is 1.96 bits per heavy atom. The predicted molar refractivity (Wildman–Crippen MR) is 81.9 cm³/mol. The molecule has 2 aromatic rings. The van der Waals surface area contributed by atoms with E-state index < -0.39 is 30.2 Å². The largest absolute Gasteiger partial charge is 0.435 e. The third-order valence-electron chi connectivity index (χ3n) is 3.37. The second-order valence-corrected chi connectivity index (χ2v) is 5.20. The van der Waals surface area contributed by atoms with Crippen LogP contribution in [-0.2, 0) is 24.1 Å². The molecule has 0 aliphatic heterocycles. The van der Waals surface area contributed by atoms with Crippen molar-refractivity contribution in [1.29, 1.82) is 0 Å². The van der Waals surface area contributed by atoms with Crippen LogP contribution in [0.5, 0.6) is 0 Å². The van der Waals surface area contributed by atoms with Crippen LogP contribution in [0.4, 0.5) is 18.9 Å². The number of nitrogens with zero attached hydrogens (tertiary/aromatic N) is 4. The highest BCUT2D eigenvalue weighted by Gasteiger charge is 2.34. The number of anilines is 1. The quantitative estimate of drug-likeness (QED) is 0.845. The maximum Gasteiger partial charge on any atom is 0.435 e. The standard InChI is InChI=1S/C14H17F3N6O2/c1-4-22-6-9(12(21-22)13(25)18-3)19-11(24)7-23-8(2)5-10(20-23)14(15,16)17/h5-6H,4,7H2,1-3H3,(H,18,25)(H,19,24). The lowest BCUT2D eigenvalue weighted by molar-refractivity contribution is -0.141. The molecular weight excluding hydrogens is 341 g/mol. The summed E-state index contributed by atoms with van der Waals surface area (Å²) in [7, 11) is 1.42. The minimum absolute atomic E-state index is 0.0193. The molecule has 2 amide bonds. The Kier molecular flexibility index (Phi) is 5.14. The molecule has 0 spiro atoms. The van der Waals surface area contributed by atoms with Crippen molar-refractivity contribution < 1.29 is 22.8 Å². The molecule has 0 fully saturated rings. The molecule has 2 N–H and O–H groups in total. The molecule has 0 aliphatic carbocycles. The molecule has 0 atom stereocenters. The van der Waals surface area contributed by atoms with E-state index in [-0.39, 0.29) is 17.1 Å². The number of amides is 2. The first-order valence-corrected chi connectivity index (χ1v) is 7.36. The molecule has 0 aliphatic rings. The number of aromatic nitrogens is 4. The second kappa shape index (κ2) is 6.95. The Hall–Kier alpha value is -2.85. The number of aryl methyl sites for hydroxylation is 2. The Morgan fingerprint density at radius 3 is 2.48 bits per heavy atom. The van der Waals surface area contributed by atoms with Crippen LogP contribution in [-0.4, -0.2) is 38.4 Å². The van der Waals surface area contributed by atoms with Gasteiger partial charge in [0.1, 0.15) is 6.54 Å². The van der Waals surface area contributed by atoms with Gasteiger partial charge in [0.25, 0.3) is 5.91 Å². The van der Waals surface area contributed by atoms with Crippen molar-refractivity contribution in [3.05, 3.63) is 29.3 Å². The topological polar surface area (TPSA) is 93.8 Å². The minimum Gasteiger partial charge on any atom is -0.354 e. The van der Waals surface area contributed by atoms with Crippen molar-refractivity contribution in [2.75, 3.05) is 12.4 Å². The number of hydrogen-bond donors (Lipinski definition) is 2. The van der Waals surface area contributed by atoms with Gasteiger partial charge < -0.3 is 10.6 Å². The van der Waals surface area contributed by atoms with Crippen LogP contribution in [0.2, 0.25) is 0 Å². The van der Waals surface area contributed by atoms with Crippen LogP contribution in [0, 0.1) is 6.92 Å². The molecular formula is C14H17F3N6O2. The van der Waals surface area contributed by atoms with Crippen molar-refractivity contribution >= 4 is 17.5 Å². The molecule has 25 heavy (non-hydrogen) atoms. The lowest BCUT2D eigenvalue weighted by Gasteiger charge is -2.06. The minimum atomic E-state index is -4.58. The van der Waals surface area contributed by atoms with E-state index in [2.05, 4.69) is 20.8 Å². The van der Waals surface area contributed by atoms with Gasteiger partial charge >= 0.3 is 6.18 Å². The molecule has 0 saturated carbocycles. The fraction of sp³-hybridized carbons (Fsp3) is 0.429. The maximum atomic E-state index is 12.7. The zero-order valence-electron chi connectivity index (χ0n) is 13.8. The molecule has 2 rings (SSSR count). The maximum absolute atomic E-state index is 12.7. The molecule has 0 unspecified atom stereocenters. The van der Waals surface area contributed by atoms with Crippen LogP contribution in [0.3, 0.4) is 0 Å². The molecule has 8 nitrogen and oxygen atoms in total. The monoisotopic (exact) mass is 358 g/mol. The average molecular weight is 358 g/mol. The van der Waals surface area contributed by atoms with Crippen LogP contribution >= 0.6 is 0 Å². The lowest BCUT2D eigenvalue weighted by Crippen LogP contribution is -2.24.